The second kappa shape index (κ2) is 5.57. The van der Waals surface area contributed by atoms with Crippen LogP contribution in [0.1, 0.15) is 0 Å². The highest BCUT2D eigenvalue weighted by molar-refractivity contribution is 5.36. The number of hydrogen-bond acceptors (Lipinski definition) is 0. The number of rotatable bonds is 2. The molecule has 0 spiro atoms. The third-order valence-electron chi connectivity index (χ3n) is 2.26. The van der Waals surface area contributed by atoms with Crippen LogP contribution in [0.25, 0.3) is 0 Å². The minimum atomic E-state index is -7.97. The number of allylic oxidation sites excluding steroid dienone is 2. The van der Waals surface area contributed by atoms with Crippen molar-refractivity contribution in [1.82, 2.24) is 0 Å². The summed E-state index contributed by atoms with van der Waals surface area (Å²) in [5, 5.41) is 0. The van der Waals surface area contributed by atoms with Crippen molar-refractivity contribution in [3.63, 3.8) is 0 Å². The third-order valence-corrected chi connectivity index (χ3v) is 2.26. The molecular weight excluding hydrogens is 400 g/mol. The first kappa shape index (κ1) is 22.6. The number of halogens is 16. The Hall–Kier alpha value is -1.38. The second-order valence-corrected chi connectivity index (χ2v) is 3.91. The summed E-state index contributed by atoms with van der Waals surface area (Å²) in [6, 6.07) is 0. The fraction of sp³-hybridized carbons (Fsp3) is 0.750. The van der Waals surface area contributed by atoms with E-state index in [0.29, 0.717) is 0 Å². The first-order valence-electron chi connectivity index (χ1n) is 4.77. The normalized spacial score (nSPS) is 17.0. The maximum atomic E-state index is 13.2. The Morgan fingerprint density at radius 2 is 0.750 bits per heavy atom. The molecule has 0 bridgehead atoms. The van der Waals surface area contributed by atoms with Crippen molar-refractivity contribution in [1.29, 1.82) is 0 Å². The van der Waals surface area contributed by atoms with Gasteiger partial charge >= 0.3 is 36.3 Å². The van der Waals surface area contributed by atoms with Gasteiger partial charge in [0.15, 0.2) is 0 Å². The van der Waals surface area contributed by atoms with Crippen LogP contribution in [0.5, 0.6) is 0 Å². The van der Waals surface area contributed by atoms with Crippen LogP contribution in [0, 0.1) is 0 Å². The average molecular weight is 400 g/mol. The molecule has 0 unspecified atom stereocenters. The first-order chi connectivity index (χ1) is 10.0. The van der Waals surface area contributed by atoms with Crippen LogP contribution in [0.15, 0.2) is 11.4 Å². The first-order valence-corrected chi connectivity index (χ1v) is 4.77. The Kier molecular flexibility index (Phi) is 5.25. The Morgan fingerprint density at radius 3 is 0.917 bits per heavy atom. The molecule has 0 aromatic carbocycles. The molecule has 16 heteroatoms. The summed E-state index contributed by atoms with van der Waals surface area (Å²) in [5.74, 6) is -13.0. The zero-order valence-electron chi connectivity index (χ0n) is 10.0. The topological polar surface area (TPSA) is 0 Å². The van der Waals surface area contributed by atoms with E-state index in [4.69, 9.17) is 0 Å². The van der Waals surface area contributed by atoms with Crippen LogP contribution in [0.3, 0.4) is 0 Å². The summed E-state index contributed by atoms with van der Waals surface area (Å²) in [6.07, 6.45) is -30.5. The predicted octanol–water partition coefficient (Wildman–Crippen LogP) is 5.80. The molecule has 0 atom stereocenters. The van der Waals surface area contributed by atoms with Crippen LogP contribution >= 0.6 is 0 Å². The van der Waals surface area contributed by atoms with Gasteiger partial charge in [-0.25, -0.2) is 8.78 Å². The summed E-state index contributed by atoms with van der Waals surface area (Å²) >= 11 is 0. The van der Waals surface area contributed by atoms with E-state index < -0.39 is 47.7 Å². The van der Waals surface area contributed by atoms with Gasteiger partial charge in [-0.1, -0.05) is 0 Å². The average Bonchev–Trinajstić information content (AvgIpc) is 2.22. The Labute approximate surface area is 119 Å². The highest BCUT2D eigenvalue weighted by atomic mass is 19.4. The maximum absolute atomic E-state index is 13.2. The lowest BCUT2D eigenvalue weighted by Gasteiger charge is -2.36. The summed E-state index contributed by atoms with van der Waals surface area (Å²) in [4.78, 5) is 0. The largest absolute Gasteiger partial charge is 0.457 e. The lowest BCUT2D eigenvalue weighted by atomic mass is 9.87. The van der Waals surface area contributed by atoms with E-state index in [-0.39, 0.29) is 0 Å². The highest BCUT2D eigenvalue weighted by Crippen LogP contribution is 2.59. The molecule has 0 nitrogen and oxygen atoms in total. The van der Waals surface area contributed by atoms with E-state index in [1.165, 1.54) is 0 Å². The van der Waals surface area contributed by atoms with Gasteiger partial charge in [-0.05, 0) is 0 Å². The molecule has 0 aromatic rings. The lowest BCUT2D eigenvalue weighted by molar-refractivity contribution is -0.348. The fourth-order valence-electron chi connectivity index (χ4n) is 1.23. The van der Waals surface area contributed by atoms with Gasteiger partial charge in [0.05, 0.1) is 0 Å². The van der Waals surface area contributed by atoms with E-state index in [9.17, 15) is 70.2 Å². The molecule has 0 saturated heterocycles. The van der Waals surface area contributed by atoms with Gasteiger partial charge in [0.1, 0.15) is 5.57 Å². The summed E-state index contributed by atoms with van der Waals surface area (Å²) < 4.78 is 196. The minimum Gasteiger partial charge on any atom is -0.218 e. The van der Waals surface area contributed by atoms with Crippen molar-refractivity contribution in [2.75, 3.05) is 0 Å². The molecule has 0 aliphatic heterocycles. The van der Waals surface area contributed by atoms with Crippen molar-refractivity contribution >= 4 is 0 Å². The van der Waals surface area contributed by atoms with Crippen LogP contribution < -0.4 is 0 Å². The SMILES string of the molecule is FC(=C(C(F)(F)C(F)(F)F)C(F)(C(F)(F)F)C(F)(F)F)C(F)(F)F. The Balaban J connectivity index is 7.26. The third kappa shape index (κ3) is 3.50. The summed E-state index contributed by atoms with van der Waals surface area (Å²) in [5.41, 5.74) is -13.5. The van der Waals surface area contributed by atoms with Crippen molar-refractivity contribution in [2.45, 2.75) is 36.3 Å². The van der Waals surface area contributed by atoms with Gasteiger partial charge in [-0.15, -0.1) is 0 Å². The van der Waals surface area contributed by atoms with Crippen LogP contribution in [-0.4, -0.2) is 36.3 Å². The number of hydrogen-bond donors (Lipinski definition) is 0. The molecule has 0 saturated carbocycles. The molecule has 0 rings (SSSR count). The Bertz CT molecular complexity index is 478. The van der Waals surface area contributed by atoms with Crippen LogP contribution in [0.2, 0.25) is 0 Å². The highest BCUT2D eigenvalue weighted by Gasteiger charge is 2.83. The second-order valence-electron chi connectivity index (χ2n) is 3.91. The molecule has 0 aliphatic rings. The van der Waals surface area contributed by atoms with Crippen molar-refractivity contribution < 1.29 is 70.2 Å². The fourth-order valence-corrected chi connectivity index (χ4v) is 1.23. The molecule has 0 fully saturated rings. The quantitative estimate of drug-likeness (QED) is 0.514. The molecule has 0 aliphatic carbocycles. The maximum Gasteiger partial charge on any atom is 0.457 e. The Morgan fingerprint density at radius 1 is 0.458 bits per heavy atom. The molecule has 0 N–H and O–H groups in total. The lowest BCUT2D eigenvalue weighted by Crippen LogP contribution is -2.61. The van der Waals surface area contributed by atoms with Gasteiger partial charge in [0, 0.05) is 0 Å². The van der Waals surface area contributed by atoms with Gasteiger partial charge in [0.25, 0.3) is 0 Å². The van der Waals surface area contributed by atoms with E-state index in [1.807, 2.05) is 0 Å². The van der Waals surface area contributed by atoms with Crippen LogP contribution in [0.4, 0.5) is 70.2 Å². The van der Waals surface area contributed by atoms with Gasteiger partial charge in [0.2, 0.25) is 5.83 Å². The van der Waals surface area contributed by atoms with E-state index in [0.717, 1.165) is 0 Å². The number of alkyl halides is 15. The molecular formula is C8F16. The van der Waals surface area contributed by atoms with Crippen LogP contribution in [-0.2, 0) is 0 Å². The smallest absolute Gasteiger partial charge is 0.218 e. The molecule has 24 heavy (non-hydrogen) atoms. The summed E-state index contributed by atoms with van der Waals surface area (Å²) in [6.45, 7) is 0. The molecule has 144 valence electrons. The predicted molar refractivity (Wildman–Crippen MR) is 41.1 cm³/mol. The van der Waals surface area contributed by atoms with Crippen molar-refractivity contribution in [3.05, 3.63) is 11.4 Å². The van der Waals surface area contributed by atoms with E-state index in [1.54, 1.807) is 0 Å². The van der Waals surface area contributed by atoms with Gasteiger partial charge in [-0.2, -0.15) is 61.5 Å². The zero-order chi connectivity index (χ0) is 20.2. The van der Waals surface area contributed by atoms with E-state index >= 15 is 0 Å². The van der Waals surface area contributed by atoms with Gasteiger partial charge in [-0.3, -0.25) is 0 Å². The molecule has 0 aromatic heterocycles. The molecule has 0 heterocycles. The van der Waals surface area contributed by atoms with Crippen molar-refractivity contribution in [2.24, 2.45) is 0 Å². The van der Waals surface area contributed by atoms with E-state index in [2.05, 4.69) is 0 Å². The van der Waals surface area contributed by atoms with Gasteiger partial charge < -0.3 is 0 Å². The minimum absolute atomic E-state index is 5.22. The summed E-state index contributed by atoms with van der Waals surface area (Å²) in [7, 11) is 0. The molecule has 0 amide bonds. The zero-order valence-corrected chi connectivity index (χ0v) is 10.0. The monoisotopic (exact) mass is 400 g/mol. The standard InChI is InChI=1S/C8F16/c9-2(5(13,14)15)1(4(11,12)8(22,23)24)3(10,6(16,17)18)7(19,20)21. The molecule has 0 radical (unpaired) electrons. The van der Waals surface area contributed by atoms with Crippen molar-refractivity contribution in [3.8, 4) is 0 Å².